The molecule has 0 spiro atoms. The number of hydrogen-bond acceptors (Lipinski definition) is 0. The van der Waals surface area contributed by atoms with E-state index in [0.29, 0.717) is 0 Å². The summed E-state index contributed by atoms with van der Waals surface area (Å²) in [6.07, 6.45) is 11.8. The fraction of sp³-hybridized carbons (Fsp3) is 1.00. The van der Waals surface area contributed by atoms with E-state index in [1.165, 1.54) is 44.9 Å². The lowest BCUT2D eigenvalue weighted by Crippen LogP contribution is -1.84. The molecule has 0 aromatic heterocycles. The maximum atomic E-state index is 2.31. The Morgan fingerprint density at radius 2 is 1.58 bits per heavy atom. The third-order valence-electron chi connectivity index (χ3n) is 3.16. The Bertz CT molecular complexity index is 107. The second-order valence-electron chi connectivity index (χ2n) is 4.39. The second kappa shape index (κ2) is 5.61. The molecule has 0 aliphatic heterocycles. The summed E-state index contributed by atoms with van der Waals surface area (Å²) in [6, 6.07) is 0. The minimum atomic E-state index is 1.14. The molecule has 0 saturated heterocycles. The molecule has 12 heavy (non-hydrogen) atoms. The molecule has 0 unspecified atom stereocenters. The van der Waals surface area contributed by atoms with Crippen molar-refractivity contribution in [1.82, 2.24) is 0 Å². The van der Waals surface area contributed by atoms with Crippen molar-refractivity contribution in [3.8, 4) is 0 Å². The van der Waals surface area contributed by atoms with Gasteiger partial charge in [-0.25, -0.2) is 0 Å². The van der Waals surface area contributed by atoms with Gasteiger partial charge in [0.05, 0.1) is 0 Å². The van der Waals surface area contributed by atoms with Crippen LogP contribution in [0.4, 0.5) is 0 Å². The molecule has 2 atom stereocenters. The molecule has 72 valence electrons. The summed E-state index contributed by atoms with van der Waals surface area (Å²) < 4.78 is 0. The van der Waals surface area contributed by atoms with E-state index in [1.807, 2.05) is 0 Å². The number of unbranched alkanes of at least 4 members (excludes halogenated alkanes) is 3. The van der Waals surface area contributed by atoms with Crippen molar-refractivity contribution in [2.75, 3.05) is 0 Å². The van der Waals surface area contributed by atoms with Gasteiger partial charge in [-0.3, -0.25) is 0 Å². The first kappa shape index (κ1) is 10.1. The molecule has 0 amide bonds. The summed E-state index contributed by atoms with van der Waals surface area (Å²) in [5.74, 6) is 2.28. The minimum absolute atomic E-state index is 1.14. The van der Waals surface area contributed by atoms with E-state index >= 15 is 0 Å². The average molecular weight is 168 g/mol. The summed E-state index contributed by atoms with van der Waals surface area (Å²) in [5, 5.41) is 0. The summed E-state index contributed by atoms with van der Waals surface area (Å²) >= 11 is 0. The van der Waals surface area contributed by atoms with Gasteiger partial charge in [-0.1, -0.05) is 58.8 Å². The quantitative estimate of drug-likeness (QED) is 0.494. The molecule has 1 fully saturated rings. The van der Waals surface area contributed by atoms with Crippen LogP contribution >= 0.6 is 0 Å². The predicted octanol–water partition coefficient (Wildman–Crippen LogP) is 4.39. The van der Waals surface area contributed by atoms with Crippen LogP contribution in [0, 0.1) is 11.8 Å². The number of hydrogen-bond donors (Lipinski definition) is 0. The van der Waals surface area contributed by atoms with Gasteiger partial charge in [-0.05, 0) is 18.3 Å². The van der Waals surface area contributed by atoms with Crippen molar-refractivity contribution in [3.05, 3.63) is 0 Å². The van der Waals surface area contributed by atoms with Gasteiger partial charge >= 0.3 is 0 Å². The van der Waals surface area contributed by atoms with Crippen LogP contribution in [0.2, 0.25) is 0 Å². The van der Waals surface area contributed by atoms with E-state index in [4.69, 9.17) is 0 Å². The summed E-state index contributed by atoms with van der Waals surface area (Å²) in [4.78, 5) is 0. The molecule has 1 rings (SSSR count). The van der Waals surface area contributed by atoms with Crippen molar-refractivity contribution in [2.45, 2.75) is 65.2 Å². The molecule has 0 nitrogen and oxygen atoms in total. The van der Waals surface area contributed by atoms with Crippen LogP contribution in [0.5, 0.6) is 0 Å². The second-order valence-corrected chi connectivity index (χ2v) is 4.39. The number of rotatable bonds is 7. The highest BCUT2D eigenvalue weighted by atomic mass is 14.4. The van der Waals surface area contributed by atoms with Crippen molar-refractivity contribution in [2.24, 2.45) is 11.8 Å². The monoisotopic (exact) mass is 168 g/mol. The lowest BCUT2D eigenvalue weighted by Gasteiger charge is -1.98. The van der Waals surface area contributed by atoms with Crippen LogP contribution in [-0.4, -0.2) is 0 Å². The lowest BCUT2D eigenvalue weighted by molar-refractivity contribution is 0.550. The molecule has 0 radical (unpaired) electrons. The van der Waals surface area contributed by atoms with Crippen LogP contribution in [0.3, 0.4) is 0 Å². The van der Waals surface area contributed by atoms with Crippen molar-refractivity contribution in [3.63, 3.8) is 0 Å². The third-order valence-corrected chi connectivity index (χ3v) is 3.16. The first-order valence-electron chi connectivity index (χ1n) is 5.88. The standard InChI is InChI=1S/C12H24/c1-3-5-6-7-9-12-10-11(12)8-4-2/h11-12H,3-10H2,1-2H3/t11-,12+/m1/s1. The van der Waals surface area contributed by atoms with E-state index < -0.39 is 0 Å². The van der Waals surface area contributed by atoms with Crippen molar-refractivity contribution in [1.29, 1.82) is 0 Å². The molecule has 0 N–H and O–H groups in total. The molecular weight excluding hydrogens is 144 g/mol. The van der Waals surface area contributed by atoms with Crippen molar-refractivity contribution >= 4 is 0 Å². The molecular formula is C12H24. The van der Waals surface area contributed by atoms with Gasteiger partial charge in [0.2, 0.25) is 0 Å². The molecule has 1 saturated carbocycles. The first-order chi connectivity index (χ1) is 5.88. The van der Waals surface area contributed by atoms with E-state index in [0.717, 1.165) is 11.8 Å². The van der Waals surface area contributed by atoms with E-state index in [-0.39, 0.29) is 0 Å². The third kappa shape index (κ3) is 3.60. The topological polar surface area (TPSA) is 0 Å². The largest absolute Gasteiger partial charge is 0.0654 e. The zero-order valence-electron chi connectivity index (χ0n) is 8.81. The van der Waals surface area contributed by atoms with E-state index in [1.54, 1.807) is 6.42 Å². The Hall–Kier alpha value is 0. The molecule has 1 aliphatic carbocycles. The zero-order chi connectivity index (χ0) is 8.81. The van der Waals surface area contributed by atoms with Gasteiger partial charge in [0.25, 0.3) is 0 Å². The lowest BCUT2D eigenvalue weighted by atomic mass is 10.1. The first-order valence-corrected chi connectivity index (χ1v) is 5.88. The highest BCUT2D eigenvalue weighted by Gasteiger charge is 2.34. The van der Waals surface area contributed by atoms with Crippen LogP contribution in [0.25, 0.3) is 0 Å². The maximum Gasteiger partial charge on any atom is -0.0383 e. The van der Waals surface area contributed by atoms with E-state index in [2.05, 4.69) is 13.8 Å². The Labute approximate surface area is 77.7 Å². The van der Waals surface area contributed by atoms with Gasteiger partial charge in [-0.2, -0.15) is 0 Å². The zero-order valence-corrected chi connectivity index (χ0v) is 8.81. The molecule has 0 aromatic carbocycles. The van der Waals surface area contributed by atoms with Gasteiger partial charge < -0.3 is 0 Å². The minimum Gasteiger partial charge on any atom is -0.0654 e. The van der Waals surface area contributed by atoms with Crippen molar-refractivity contribution < 1.29 is 0 Å². The fourth-order valence-corrected chi connectivity index (χ4v) is 2.22. The molecule has 1 aliphatic rings. The van der Waals surface area contributed by atoms with E-state index in [9.17, 15) is 0 Å². The molecule has 0 heterocycles. The molecule has 0 bridgehead atoms. The maximum absolute atomic E-state index is 2.31. The SMILES string of the molecule is CCCCCC[C@H]1C[C@H]1CCC. The Balaban J connectivity index is 1.83. The van der Waals surface area contributed by atoms with Gasteiger partial charge in [0, 0.05) is 0 Å². The van der Waals surface area contributed by atoms with Crippen LogP contribution in [-0.2, 0) is 0 Å². The Morgan fingerprint density at radius 1 is 0.833 bits per heavy atom. The highest BCUT2D eigenvalue weighted by molar-refractivity contribution is 4.85. The smallest absolute Gasteiger partial charge is 0.0383 e. The Kier molecular flexibility index (Phi) is 4.72. The van der Waals surface area contributed by atoms with Crippen LogP contribution < -0.4 is 0 Å². The summed E-state index contributed by atoms with van der Waals surface area (Å²) in [7, 11) is 0. The van der Waals surface area contributed by atoms with Crippen LogP contribution in [0.15, 0.2) is 0 Å². The molecule has 0 heteroatoms. The highest BCUT2D eigenvalue weighted by Crippen LogP contribution is 2.45. The molecule has 0 aromatic rings. The predicted molar refractivity (Wildman–Crippen MR) is 55.3 cm³/mol. The van der Waals surface area contributed by atoms with Gasteiger partial charge in [0.15, 0.2) is 0 Å². The van der Waals surface area contributed by atoms with Gasteiger partial charge in [0.1, 0.15) is 0 Å². The summed E-state index contributed by atoms with van der Waals surface area (Å²) in [6.45, 7) is 4.60. The normalized spacial score (nSPS) is 27.5. The fourth-order valence-electron chi connectivity index (χ4n) is 2.22. The van der Waals surface area contributed by atoms with Crippen LogP contribution in [0.1, 0.15) is 65.2 Å². The summed E-state index contributed by atoms with van der Waals surface area (Å²) in [5.41, 5.74) is 0. The Morgan fingerprint density at radius 3 is 2.25 bits per heavy atom. The van der Waals surface area contributed by atoms with Gasteiger partial charge in [-0.15, -0.1) is 0 Å². The average Bonchev–Trinajstić information content (AvgIpc) is 2.79.